The van der Waals surface area contributed by atoms with Crippen molar-refractivity contribution >= 4 is 6.09 Å². The smallest absolute Gasteiger partial charge is 0.407 e. The molecule has 3 aliphatic rings. The lowest BCUT2D eigenvalue weighted by Crippen LogP contribution is -2.50. The molecule has 9 nitrogen and oxygen atoms in total. The fourth-order valence-electron chi connectivity index (χ4n) is 4.20. The van der Waals surface area contributed by atoms with E-state index in [2.05, 4.69) is 5.32 Å². The van der Waals surface area contributed by atoms with Gasteiger partial charge in [-0.1, -0.05) is 0 Å². The second-order valence-corrected chi connectivity index (χ2v) is 9.37. The van der Waals surface area contributed by atoms with E-state index in [9.17, 15) is 15.0 Å². The Labute approximate surface area is 165 Å². The van der Waals surface area contributed by atoms with E-state index in [-0.39, 0.29) is 44.1 Å². The molecule has 3 saturated heterocycles. The van der Waals surface area contributed by atoms with E-state index in [4.69, 9.17) is 23.7 Å². The molecule has 28 heavy (non-hydrogen) atoms. The molecule has 3 N–H and O–H groups in total. The number of alkyl carbamates (subject to hydrolysis) is 1. The van der Waals surface area contributed by atoms with Crippen molar-refractivity contribution in [3.63, 3.8) is 0 Å². The van der Waals surface area contributed by atoms with E-state index in [0.29, 0.717) is 13.0 Å². The van der Waals surface area contributed by atoms with Crippen LogP contribution in [0.5, 0.6) is 0 Å². The quantitative estimate of drug-likeness (QED) is 0.614. The van der Waals surface area contributed by atoms with Crippen molar-refractivity contribution in [2.75, 3.05) is 19.8 Å². The summed E-state index contributed by atoms with van der Waals surface area (Å²) in [5, 5.41) is 22.5. The molecular weight excluding hydrogens is 370 g/mol. The summed E-state index contributed by atoms with van der Waals surface area (Å²) >= 11 is 0. The van der Waals surface area contributed by atoms with Gasteiger partial charge < -0.3 is 39.2 Å². The molecule has 0 spiro atoms. The Morgan fingerprint density at radius 3 is 2.46 bits per heavy atom. The molecule has 3 fully saturated rings. The first kappa shape index (κ1) is 21.7. The second-order valence-electron chi connectivity index (χ2n) is 9.37. The number of nitrogens with one attached hydrogen (secondary N) is 1. The maximum atomic E-state index is 12.1. The normalized spacial score (nSPS) is 37.8. The van der Waals surface area contributed by atoms with Gasteiger partial charge in [0, 0.05) is 12.8 Å². The number of carbonyl (C=O) groups is 1. The fraction of sp³-hybridized carbons (Fsp3) is 0.947. The SMILES string of the molecule is CC(C)(C)OC(=O)N[C@H](CO)C[C@]1(CO)C[C@H]2OC[C@@H]3OC(C)(C)O[C@@H]3[C@H]2O1. The summed E-state index contributed by atoms with van der Waals surface area (Å²) in [5.41, 5.74) is -1.60. The van der Waals surface area contributed by atoms with Gasteiger partial charge in [-0.3, -0.25) is 0 Å². The van der Waals surface area contributed by atoms with Gasteiger partial charge in [0.05, 0.1) is 37.6 Å². The van der Waals surface area contributed by atoms with Crippen molar-refractivity contribution in [2.45, 2.75) is 94.9 Å². The lowest BCUT2D eigenvalue weighted by molar-refractivity contribution is -0.176. The Morgan fingerprint density at radius 1 is 1.18 bits per heavy atom. The van der Waals surface area contributed by atoms with Gasteiger partial charge in [-0.2, -0.15) is 0 Å². The summed E-state index contributed by atoms with van der Waals surface area (Å²) in [6.45, 7) is 8.82. The summed E-state index contributed by atoms with van der Waals surface area (Å²) in [6, 6.07) is -0.630. The van der Waals surface area contributed by atoms with E-state index in [1.165, 1.54) is 0 Å². The molecule has 0 unspecified atom stereocenters. The highest BCUT2D eigenvalue weighted by Gasteiger charge is 2.58. The number of rotatable bonds is 5. The number of amides is 1. The Hall–Kier alpha value is -0.970. The molecule has 0 saturated carbocycles. The topological polar surface area (TPSA) is 116 Å². The maximum Gasteiger partial charge on any atom is 0.407 e. The highest BCUT2D eigenvalue weighted by molar-refractivity contribution is 5.68. The standard InChI is InChI=1S/C19H33NO8/c1-17(2,3)28-16(23)20-11(8-21)6-19(10-22)7-12-14(27-19)15-13(9-24-12)25-18(4,5)26-15/h11-15,21-22H,6-10H2,1-5H3,(H,20,23)/t11-,12+,13-,14-,15-,19+/m0/s1. The van der Waals surface area contributed by atoms with Crippen LogP contribution in [0.2, 0.25) is 0 Å². The Bertz CT molecular complexity index is 577. The highest BCUT2D eigenvalue weighted by Crippen LogP contribution is 2.44. The van der Waals surface area contributed by atoms with Crippen molar-refractivity contribution in [3.8, 4) is 0 Å². The fourth-order valence-corrected chi connectivity index (χ4v) is 4.20. The largest absolute Gasteiger partial charge is 0.444 e. The Balaban J connectivity index is 1.66. The molecule has 6 atom stereocenters. The third-order valence-electron chi connectivity index (χ3n) is 5.19. The number of hydrogen-bond acceptors (Lipinski definition) is 8. The molecular formula is C19H33NO8. The van der Waals surface area contributed by atoms with Crippen molar-refractivity contribution < 1.29 is 38.7 Å². The zero-order valence-corrected chi connectivity index (χ0v) is 17.3. The van der Waals surface area contributed by atoms with E-state index < -0.39 is 29.1 Å². The van der Waals surface area contributed by atoms with Crippen LogP contribution < -0.4 is 5.32 Å². The minimum Gasteiger partial charge on any atom is -0.444 e. The van der Waals surface area contributed by atoms with Crippen LogP contribution in [-0.4, -0.2) is 83.6 Å². The summed E-state index contributed by atoms with van der Waals surface area (Å²) in [7, 11) is 0. The lowest BCUT2D eigenvalue weighted by Gasteiger charge is -2.34. The monoisotopic (exact) mass is 403 g/mol. The molecule has 3 rings (SSSR count). The predicted octanol–water partition coefficient (Wildman–Crippen LogP) is 0.701. The van der Waals surface area contributed by atoms with Gasteiger partial charge in [-0.15, -0.1) is 0 Å². The third kappa shape index (κ3) is 4.77. The predicted molar refractivity (Wildman–Crippen MR) is 97.7 cm³/mol. The van der Waals surface area contributed by atoms with Gasteiger partial charge in [-0.05, 0) is 34.6 Å². The average molecular weight is 403 g/mol. The minimum absolute atomic E-state index is 0.219. The van der Waals surface area contributed by atoms with Gasteiger partial charge in [0.25, 0.3) is 0 Å². The van der Waals surface area contributed by atoms with Crippen molar-refractivity contribution in [2.24, 2.45) is 0 Å². The number of fused-ring (bicyclic) bond motifs is 3. The van der Waals surface area contributed by atoms with Crippen LogP contribution in [0.4, 0.5) is 4.79 Å². The van der Waals surface area contributed by atoms with E-state index in [0.717, 1.165) is 0 Å². The van der Waals surface area contributed by atoms with E-state index in [1.54, 1.807) is 20.8 Å². The highest BCUT2D eigenvalue weighted by atomic mass is 16.8. The van der Waals surface area contributed by atoms with Crippen molar-refractivity contribution in [1.82, 2.24) is 5.32 Å². The van der Waals surface area contributed by atoms with Gasteiger partial charge in [0.2, 0.25) is 0 Å². The van der Waals surface area contributed by atoms with Crippen LogP contribution in [-0.2, 0) is 23.7 Å². The van der Waals surface area contributed by atoms with Crippen LogP contribution >= 0.6 is 0 Å². The molecule has 162 valence electrons. The molecule has 1 amide bonds. The first-order chi connectivity index (χ1) is 13.0. The second kappa shape index (κ2) is 7.70. The van der Waals surface area contributed by atoms with Gasteiger partial charge >= 0.3 is 6.09 Å². The zero-order chi connectivity index (χ0) is 20.7. The first-order valence-electron chi connectivity index (χ1n) is 9.82. The molecule has 0 aromatic heterocycles. The molecule has 3 aliphatic heterocycles. The van der Waals surface area contributed by atoms with Crippen LogP contribution in [0, 0.1) is 0 Å². The summed E-state index contributed by atoms with van der Waals surface area (Å²) in [6.07, 6.45) is -1.10. The van der Waals surface area contributed by atoms with Crippen LogP contribution in [0.1, 0.15) is 47.5 Å². The van der Waals surface area contributed by atoms with E-state index >= 15 is 0 Å². The van der Waals surface area contributed by atoms with Gasteiger partial charge in [0.1, 0.15) is 23.9 Å². The minimum atomic E-state index is -0.956. The first-order valence-corrected chi connectivity index (χ1v) is 9.82. The number of aliphatic hydroxyl groups is 2. The van der Waals surface area contributed by atoms with Crippen LogP contribution in [0.3, 0.4) is 0 Å². The molecule has 3 heterocycles. The van der Waals surface area contributed by atoms with Crippen molar-refractivity contribution in [1.29, 1.82) is 0 Å². The molecule has 0 bridgehead atoms. The molecule has 0 aliphatic carbocycles. The number of hydrogen-bond donors (Lipinski definition) is 3. The molecule has 0 radical (unpaired) electrons. The maximum absolute atomic E-state index is 12.1. The third-order valence-corrected chi connectivity index (χ3v) is 5.19. The Kier molecular flexibility index (Phi) is 5.97. The van der Waals surface area contributed by atoms with Crippen molar-refractivity contribution in [3.05, 3.63) is 0 Å². The number of aliphatic hydroxyl groups excluding tert-OH is 2. The van der Waals surface area contributed by atoms with Gasteiger partial charge in [0.15, 0.2) is 5.79 Å². The van der Waals surface area contributed by atoms with E-state index in [1.807, 2.05) is 13.8 Å². The van der Waals surface area contributed by atoms with Crippen LogP contribution in [0.25, 0.3) is 0 Å². The lowest BCUT2D eigenvalue weighted by atomic mass is 9.90. The Morgan fingerprint density at radius 2 is 1.86 bits per heavy atom. The summed E-state index contributed by atoms with van der Waals surface area (Å²) in [5.74, 6) is -0.715. The van der Waals surface area contributed by atoms with Crippen LogP contribution in [0.15, 0.2) is 0 Å². The average Bonchev–Trinajstić information content (AvgIpc) is 3.08. The molecule has 0 aromatic carbocycles. The summed E-state index contributed by atoms with van der Waals surface area (Å²) in [4.78, 5) is 12.1. The zero-order valence-electron chi connectivity index (χ0n) is 17.3. The molecule has 9 heteroatoms. The van der Waals surface area contributed by atoms with Gasteiger partial charge in [-0.25, -0.2) is 4.79 Å². The summed E-state index contributed by atoms with van der Waals surface area (Å²) < 4.78 is 29.3. The molecule has 0 aromatic rings. The number of ether oxygens (including phenoxy) is 5. The number of carbonyl (C=O) groups excluding carboxylic acids is 1.